The van der Waals surface area contributed by atoms with Gasteiger partial charge >= 0.3 is 0 Å². The van der Waals surface area contributed by atoms with Crippen LogP contribution in [0.25, 0.3) is 0 Å². The van der Waals surface area contributed by atoms with Crippen LogP contribution >= 0.6 is 11.6 Å². The minimum Gasteiger partial charge on any atom is -0.327 e. The third-order valence-electron chi connectivity index (χ3n) is 5.27. The molecule has 1 aromatic rings. The van der Waals surface area contributed by atoms with E-state index in [2.05, 4.69) is 12.0 Å². The number of aromatic nitrogens is 2. The van der Waals surface area contributed by atoms with Crippen LogP contribution in [0, 0.1) is 17.8 Å². The van der Waals surface area contributed by atoms with Crippen LogP contribution in [0.15, 0.2) is 0 Å². The van der Waals surface area contributed by atoms with Gasteiger partial charge in [-0.25, -0.2) is 0 Å². The van der Waals surface area contributed by atoms with Crippen LogP contribution < -0.4 is 5.73 Å². The Balaban J connectivity index is 1.73. The zero-order valence-corrected chi connectivity index (χ0v) is 12.7. The molecular formula is C15H24ClN3. The van der Waals surface area contributed by atoms with Gasteiger partial charge in [0.25, 0.3) is 0 Å². The van der Waals surface area contributed by atoms with E-state index in [4.69, 9.17) is 17.3 Å². The van der Waals surface area contributed by atoms with E-state index in [-0.39, 0.29) is 6.04 Å². The van der Waals surface area contributed by atoms with Gasteiger partial charge in [-0.05, 0) is 43.4 Å². The van der Waals surface area contributed by atoms with Gasteiger partial charge in [0.1, 0.15) is 0 Å². The molecule has 106 valence electrons. The molecule has 2 fully saturated rings. The fourth-order valence-corrected chi connectivity index (χ4v) is 4.61. The Hall–Kier alpha value is -0.540. The highest BCUT2D eigenvalue weighted by atomic mass is 35.5. The fourth-order valence-electron chi connectivity index (χ4n) is 4.23. The number of hydrogen-bond donors (Lipinski definition) is 1. The van der Waals surface area contributed by atoms with Crippen molar-refractivity contribution in [2.24, 2.45) is 30.5 Å². The van der Waals surface area contributed by atoms with Crippen LogP contribution in [0.5, 0.6) is 0 Å². The summed E-state index contributed by atoms with van der Waals surface area (Å²) in [4.78, 5) is 0. The lowest BCUT2D eigenvalue weighted by Crippen LogP contribution is -2.36. The second kappa shape index (κ2) is 5.10. The summed E-state index contributed by atoms with van der Waals surface area (Å²) in [6.07, 6.45) is 7.33. The van der Waals surface area contributed by atoms with Crippen LogP contribution in [-0.2, 0) is 19.9 Å². The van der Waals surface area contributed by atoms with Crippen molar-refractivity contribution in [3.05, 3.63) is 16.4 Å². The minimum absolute atomic E-state index is 0.243. The molecule has 19 heavy (non-hydrogen) atoms. The van der Waals surface area contributed by atoms with Crippen molar-refractivity contribution >= 4 is 11.6 Å². The smallest absolute Gasteiger partial charge is 0.0850 e. The van der Waals surface area contributed by atoms with E-state index >= 15 is 0 Å². The monoisotopic (exact) mass is 281 g/mol. The molecule has 2 saturated carbocycles. The predicted octanol–water partition coefficient (Wildman–Crippen LogP) is 2.94. The average molecular weight is 282 g/mol. The normalized spacial score (nSPS) is 31.1. The van der Waals surface area contributed by atoms with Gasteiger partial charge in [0, 0.05) is 19.5 Å². The Morgan fingerprint density at radius 2 is 2.21 bits per heavy atom. The second-order valence-corrected chi connectivity index (χ2v) is 6.77. The van der Waals surface area contributed by atoms with E-state index in [1.165, 1.54) is 25.7 Å². The molecule has 4 atom stereocenters. The molecule has 0 spiro atoms. The van der Waals surface area contributed by atoms with Gasteiger partial charge in [0.15, 0.2) is 0 Å². The van der Waals surface area contributed by atoms with E-state index < -0.39 is 0 Å². The lowest BCUT2D eigenvalue weighted by molar-refractivity contribution is 0.278. The molecule has 2 aliphatic carbocycles. The molecule has 2 bridgehead atoms. The van der Waals surface area contributed by atoms with Gasteiger partial charge in [-0.3, -0.25) is 4.68 Å². The lowest BCUT2D eigenvalue weighted by Gasteiger charge is -2.27. The predicted molar refractivity (Wildman–Crippen MR) is 78.2 cm³/mol. The second-order valence-electron chi connectivity index (χ2n) is 6.39. The third kappa shape index (κ3) is 2.31. The number of aryl methyl sites for hydroxylation is 2. The number of hydrogen-bond acceptors (Lipinski definition) is 2. The zero-order chi connectivity index (χ0) is 13.6. The van der Waals surface area contributed by atoms with Crippen molar-refractivity contribution in [2.45, 2.75) is 51.5 Å². The first kappa shape index (κ1) is 13.4. The number of rotatable bonds is 4. The molecule has 0 radical (unpaired) electrons. The summed E-state index contributed by atoms with van der Waals surface area (Å²) in [5.74, 6) is 2.53. The number of nitrogens with zero attached hydrogens (tertiary/aromatic N) is 2. The Morgan fingerprint density at radius 3 is 2.74 bits per heavy atom. The number of halogens is 1. The van der Waals surface area contributed by atoms with E-state index in [0.717, 1.165) is 41.1 Å². The summed E-state index contributed by atoms with van der Waals surface area (Å²) in [6, 6.07) is 0.243. The Bertz CT molecular complexity index is 468. The summed E-state index contributed by atoms with van der Waals surface area (Å²) in [6.45, 7) is 2.09. The topological polar surface area (TPSA) is 43.8 Å². The van der Waals surface area contributed by atoms with Gasteiger partial charge in [0.2, 0.25) is 0 Å². The van der Waals surface area contributed by atoms with Crippen LogP contribution in [0.2, 0.25) is 5.02 Å². The summed E-state index contributed by atoms with van der Waals surface area (Å²) in [5.41, 5.74) is 8.60. The molecule has 2 N–H and O–H groups in total. The molecule has 3 rings (SSSR count). The zero-order valence-electron chi connectivity index (χ0n) is 11.9. The molecule has 4 unspecified atom stereocenters. The van der Waals surface area contributed by atoms with Gasteiger partial charge < -0.3 is 5.73 Å². The summed E-state index contributed by atoms with van der Waals surface area (Å²) >= 11 is 6.42. The van der Waals surface area contributed by atoms with Crippen molar-refractivity contribution in [3.8, 4) is 0 Å². The summed E-state index contributed by atoms with van der Waals surface area (Å²) in [7, 11) is 1.98. The molecule has 1 aromatic heterocycles. The van der Waals surface area contributed by atoms with Crippen molar-refractivity contribution in [2.75, 3.05) is 0 Å². The van der Waals surface area contributed by atoms with Gasteiger partial charge in [-0.1, -0.05) is 24.9 Å². The van der Waals surface area contributed by atoms with Crippen molar-refractivity contribution in [3.63, 3.8) is 0 Å². The maximum absolute atomic E-state index is 6.49. The first-order valence-electron chi connectivity index (χ1n) is 7.56. The first-order chi connectivity index (χ1) is 9.10. The quantitative estimate of drug-likeness (QED) is 0.922. The van der Waals surface area contributed by atoms with Crippen LogP contribution in [-0.4, -0.2) is 15.8 Å². The molecule has 4 heteroatoms. The van der Waals surface area contributed by atoms with Gasteiger partial charge in [-0.2, -0.15) is 5.10 Å². The maximum atomic E-state index is 6.49. The molecule has 0 aliphatic heterocycles. The van der Waals surface area contributed by atoms with E-state index in [1.807, 2.05) is 11.7 Å². The van der Waals surface area contributed by atoms with Crippen molar-refractivity contribution in [1.29, 1.82) is 0 Å². The summed E-state index contributed by atoms with van der Waals surface area (Å²) < 4.78 is 1.92. The number of nitrogens with two attached hydrogens (primary N) is 1. The largest absolute Gasteiger partial charge is 0.327 e. The molecule has 0 amide bonds. The third-order valence-corrected chi connectivity index (χ3v) is 5.71. The van der Waals surface area contributed by atoms with E-state index in [1.54, 1.807) is 0 Å². The first-order valence-corrected chi connectivity index (χ1v) is 7.93. The van der Waals surface area contributed by atoms with E-state index in [0.29, 0.717) is 5.92 Å². The molecule has 0 aromatic carbocycles. The Kier molecular flexibility index (Phi) is 3.61. The number of fused-ring (bicyclic) bond motifs is 2. The molecule has 0 saturated heterocycles. The molecule has 2 aliphatic rings. The standard InChI is InChI=1S/C15H24ClN3/c1-3-13-15(16)14(19(2)18-13)8-12(17)11-7-9-4-5-10(11)6-9/h9-12H,3-8,17H2,1-2H3. The molecular weight excluding hydrogens is 258 g/mol. The molecule has 1 heterocycles. The minimum atomic E-state index is 0.243. The Morgan fingerprint density at radius 1 is 1.42 bits per heavy atom. The highest BCUT2D eigenvalue weighted by Crippen LogP contribution is 2.49. The van der Waals surface area contributed by atoms with Gasteiger partial charge in [0.05, 0.1) is 16.4 Å². The van der Waals surface area contributed by atoms with Gasteiger partial charge in [-0.15, -0.1) is 0 Å². The van der Waals surface area contributed by atoms with Crippen LogP contribution in [0.4, 0.5) is 0 Å². The van der Waals surface area contributed by atoms with E-state index in [9.17, 15) is 0 Å². The highest BCUT2D eigenvalue weighted by molar-refractivity contribution is 6.31. The Labute approximate surface area is 120 Å². The van der Waals surface area contributed by atoms with Crippen molar-refractivity contribution in [1.82, 2.24) is 9.78 Å². The maximum Gasteiger partial charge on any atom is 0.0850 e. The lowest BCUT2D eigenvalue weighted by atomic mass is 9.82. The summed E-state index contributed by atoms with van der Waals surface area (Å²) in [5, 5.41) is 5.32. The van der Waals surface area contributed by atoms with Crippen LogP contribution in [0.1, 0.15) is 44.0 Å². The highest BCUT2D eigenvalue weighted by Gasteiger charge is 2.42. The fraction of sp³-hybridized carbons (Fsp3) is 0.800. The van der Waals surface area contributed by atoms with Crippen molar-refractivity contribution < 1.29 is 0 Å². The average Bonchev–Trinajstić information content (AvgIpc) is 3.08. The van der Waals surface area contributed by atoms with Crippen LogP contribution in [0.3, 0.4) is 0 Å². The molecule has 3 nitrogen and oxygen atoms in total. The SMILES string of the molecule is CCc1nn(C)c(CC(N)C2CC3CCC2C3)c1Cl.